The highest BCUT2D eigenvalue weighted by Gasteiger charge is 1.99. The molecule has 3 N–H and O–H groups in total. The van der Waals surface area contributed by atoms with E-state index < -0.39 is 0 Å². The summed E-state index contributed by atoms with van der Waals surface area (Å²) in [6.45, 7) is 0. The molecule has 0 radical (unpaired) electrons. The van der Waals surface area contributed by atoms with E-state index in [-0.39, 0.29) is 0 Å². The minimum atomic E-state index is 0.838. The van der Waals surface area contributed by atoms with Crippen LogP contribution in [0.15, 0.2) is 29.2 Å². The van der Waals surface area contributed by atoms with Crippen LogP contribution < -0.4 is 11.2 Å². The Labute approximate surface area is 59.7 Å². The van der Waals surface area contributed by atoms with Crippen LogP contribution in [0.3, 0.4) is 0 Å². The van der Waals surface area contributed by atoms with Gasteiger partial charge >= 0.3 is 0 Å². The molecule has 0 aromatic heterocycles. The van der Waals surface area contributed by atoms with Crippen molar-refractivity contribution >= 4 is 6.21 Å². The van der Waals surface area contributed by atoms with E-state index in [9.17, 15) is 0 Å². The molecule has 0 fully saturated rings. The molecular weight excluding hydrogens is 128 g/mol. The smallest absolute Gasteiger partial charge is 0.0933 e. The highest BCUT2D eigenvalue weighted by molar-refractivity contribution is 5.72. The second kappa shape index (κ2) is 3.03. The van der Waals surface area contributed by atoms with Crippen LogP contribution in [0, 0.1) is 0 Å². The third-order valence-electron chi connectivity index (χ3n) is 1.10. The predicted octanol–water partition coefficient (Wildman–Crippen LogP) is -0.221. The molecule has 0 saturated carbocycles. The molecule has 0 aromatic rings. The summed E-state index contributed by atoms with van der Waals surface area (Å²) in [6, 6.07) is 0. The first kappa shape index (κ1) is 6.82. The average molecular weight is 138 g/mol. The minimum absolute atomic E-state index is 0.838. The van der Waals surface area contributed by atoms with Gasteiger partial charge in [-0.1, -0.05) is 0 Å². The van der Waals surface area contributed by atoms with Crippen molar-refractivity contribution in [2.24, 2.45) is 10.9 Å². The van der Waals surface area contributed by atoms with Crippen LogP contribution in [-0.2, 0) is 0 Å². The number of nitrogens with two attached hydrogens (primary N) is 1. The lowest BCUT2D eigenvalue weighted by Crippen LogP contribution is -2.26. The van der Waals surface area contributed by atoms with E-state index in [0.29, 0.717) is 0 Å². The van der Waals surface area contributed by atoms with Gasteiger partial charge in [0.05, 0.1) is 5.70 Å². The van der Waals surface area contributed by atoms with E-state index in [1.54, 1.807) is 12.4 Å². The van der Waals surface area contributed by atoms with Crippen molar-refractivity contribution in [3.05, 3.63) is 24.0 Å². The fourth-order valence-electron chi connectivity index (χ4n) is 0.657. The van der Waals surface area contributed by atoms with Crippen LogP contribution in [0.5, 0.6) is 0 Å². The topological polar surface area (TPSA) is 53.7 Å². The Kier molecular flexibility index (Phi) is 2.07. The quantitative estimate of drug-likeness (QED) is 0.492. The van der Waals surface area contributed by atoms with E-state index in [1.165, 1.54) is 5.12 Å². The molecule has 0 saturated heterocycles. The molecule has 1 aliphatic heterocycles. The molecule has 0 aromatic carbocycles. The van der Waals surface area contributed by atoms with E-state index >= 15 is 0 Å². The standard InChI is InChI=1S/C6H10N4/c1-8-5-6-3-2-4-9-10(6)7/h2-5,8H,7H2,1H3/b6-5-. The zero-order valence-electron chi connectivity index (χ0n) is 5.78. The van der Waals surface area contributed by atoms with Crippen LogP contribution in [0.25, 0.3) is 0 Å². The Morgan fingerprint density at radius 3 is 3.20 bits per heavy atom. The van der Waals surface area contributed by atoms with Gasteiger partial charge in [-0.3, -0.25) is 0 Å². The Balaban J connectivity index is 2.70. The minimum Gasteiger partial charge on any atom is -0.392 e. The highest BCUT2D eigenvalue weighted by atomic mass is 15.6. The molecule has 0 spiro atoms. The zero-order chi connectivity index (χ0) is 7.40. The van der Waals surface area contributed by atoms with Crippen LogP contribution in [-0.4, -0.2) is 18.4 Å². The van der Waals surface area contributed by atoms with Crippen LogP contribution in [0.2, 0.25) is 0 Å². The second-order valence-corrected chi connectivity index (χ2v) is 1.83. The van der Waals surface area contributed by atoms with Crippen molar-refractivity contribution in [3.8, 4) is 0 Å². The predicted molar refractivity (Wildman–Crippen MR) is 40.8 cm³/mol. The summed E-state index contributed by atoms with van der Waals surface area (Å²) in [5.74, 6) is 5.44. The van der Waals surface area contributed by atoms with Gasteiger partial charge in [-0.25, -0.2) is 5.84 Å². The van der Waals surface area contributed by atoms with Gasteiger partial charge in [0.2, 0.25) is 0 Å². The Morgan fingerprint density at radius 2 is 2.60 bits per heavy atom. The molecule has 0 atom stereocenters. The fourth-order valence-corrected chi connectivity index (χ4v) is 0.657. The van der Waals surface area contributed by atoms with Gasteiger partial charge in [0.15, 0.2) is 0 Å². The number of hydrazone groups is 1. The maximum Gasteiger partial charge on any atom is 0.0933 e. The lowest BCUT2D eigenvalue weighted by Gasteiger charge is -2.14. The Bertz CT molecular complexity index is 192. The second-order valence-electron chi connectivity index (χ2n) is 1.83. The summed E-state index contributed by atoms with van der Waals surface area (Å²) in [7, 11) is 1.81. The number of hydrogen-bond donors (Lipinski definition) is 2. The van der Waals surface area contributed by atoms with Gasteiger partial charge < -0.3 is 5.32 Å². The van der Waals surface area contributed by atoms with Crippen molar-refractivity contribution in [3.63, 3.8) is 0 Å². The summed E-state index contributed by atoms with van der Waals surface area (Å²) in [4.78, 5) is 0. The van der Waals surface area contributed by atoms with Crippen molar-refractivity contribution in [1.82, 2.24) is 10.4 Å². The molecule has 4 heteroatoms. The van der Waals surface area contributed by atoms with Crippen molar-refractivity contribution in [1.29, 1.82) is 0 Å². The first-order chi connectivity index (χ1) is 4.84. The summed E-state index contributed by atoms with van der Waals surface area (Å²) in [6.07, 6.45) is 7.09. The molecule has 0 bridgehead atoms. The van der Waals surface area contributed by atoms with Gasteiger partial charge in [0, 0.05) is 19.5 Å². The van der Waals surface area contributed by atoms with Crippen LogP contribution in [0.1, 0.15) is 0 Å². The molecule has 1 heterocycles. The summed E-state index contributed by atoms with van der Waals surface area (Å²) in [5.41, 5.74) is 0.838. The lowest BCUT2D eigenvalue weighted by molar-refractivity contribution is 0.391. The highest BCUT2D eigenvalue weighted by Crippen LogP contribution is 2.02. The van der Waals surface area contributed by atoms with Gasteiger partial charge in [0.25, 0.3) is 0 Å². The van der Waals surface area contributed by atoms with Crippen LogP contribution >= 0.6 is 0 Å². The van der Waals surface area contributed by atoms with Gasteiger partial charge in [-0.05, 0) is 12.2 Å². The summed E-state index contributed by atoms with van der Waals surface area (Å²) in [5, 5.41) is 7.98. The van der Waals surface area contributed by atoms with Gasteiger partial charge in [-0.15, -0.1) is 0 Å². The van der Waals surface area contributed by atoms with E-state index in [2.05, 4.69) is 10.4 Å². The van der Waals surface area contributed by atoms with Gasteiger partial charge in [0.1, 0.15) is 0 Å². The largest absolute Gasteiger partial charge is 0.392 e. The van der Waals surface area contributed by atoms with E-state index in [4.69, 9.17) is 5.84 Å². The van der Waals surface area contributed by atoms with Crippen molar-refractivity contribution in [2.45, 2.75) is 0 Å². The molecule has 0 aliphatic carbocycles. The van der Waals surface area contributed by atoms with Crippen molar-refractivity contribution < 1.29 is 0 Å². The first-order valence-corrected chi connectivity index (χ1v) is 2.97. The number of hydrogen-bond acceptors (Lipinski definition) is 4. The number of hydrazine groups is 1. The summed E-state index contributed by atoms with van der Waals surface area (Å²) < 4.78 is 0. The lowest BCUT2D eigenvalue weighted by atomic mass is 10.4. The molecule has 1 aliphatic rings. The molecular formula is C6H10N4. The van der Waals surface area contributed by atoms with Crippen molar-refractivity contribution in [2.75, 3.05) is 7.05 Å². The van der Waals surface area contributed by atoms with Crippen LogP contribution in [0.4, 0.5) is 0 Å². The number of nitrogens with zero attached hydrogens (tertiary/aromatic N) is 2. The normalized spacial score (nSPS) is 20.2. The molecule has 0 unspecified atom stereocenters. The Morgan fingerprint density at radius 1 is 1.80 bits per heavy atom. The monoisotopic (exact) mass is 138 g/mol. The van der Waals surface area contributed by atoms with Gasteiger partial charge in [-0.2, -0.15) is 10.2 Å². The maximum atomic E-state index is 5.44. The Hall–Kier alpha value is -1.29. The zero-order valence-corrected chi connectivity index (χ0v) is 5.78. The molecule has 4 nitrogen and oxygen atoms in total. The molecule has 10 heavy (non-hydrogen) atoms. The maximum absolute atomic E-state index is 5.44. The molecule has 54 valence electrons. The summed E-state index contributed by atoms with van der Waals surface area (Å²) >= 11 is 0. The fraction of sp³-hybridized carbons (Fsp3) is 0.167. The third-order valence-corrected chi connectivity index (χ3v) is 1.10. The molecule has 1 rings (SSSR count). The number of allylic oxidation sites excluding steroid dienone is 2. The molecule has 0 amide bonds. The third kappa shape index (κ3) is 1.35. The van der Waals surface area contributed by atoms with E-state index in [0.717, 1.165) is 5.70 Å². The number of nitrogens with one attached hydrogen (secondary N) is 1. The van der Waals surface area contributed by atoms with E-state index in [1.807, 2.05) is 19.2 Å². The first-order valence-electron chi connectivity index (χ1n) is 2.97. The SMILES string of the molecule is CN/C=C1/C=CC=NN1N. The number of rotatable bonds is 1. The average Bonchev–Trinajstić information content (AvgIpc) is 1.94.